The number of hydrogen-bond acceptors (Lipinski definition) is 6. The second kappa shape index (κ2) is 7.06. The van der Waals surface area contributed by atoms with Crippen LogP contribution in [0.3, 0.4) is 0 Å². The Bertz CT molecular complexity index is 424. The highest BCUT2D eigenvalue weighted by Crippen LogP contribution is 2.20. The molecule has 0 aliphatic carbocycles. The number of nitrogens with one attached hydrogen (secondary N) is 2. The summed E-state index contributed by atoms with van der Waals surface area (Å²) >= 11 is 0. The molecule has 0 saturated carbocycles. The van der Waals surface area contributed by atoms with Gasteiger partial charge in [-0.1, -0.05) is 5.11 Å². The van der Waals surface area contributed by atoms with Gasteiger partial charge in [-0.15, -0.1) is 0 Å². The van der Waals surface area contributed by atoms with Crippen molar-refractivity contribution in [3.05, 3.63) is 10.4 Å². The Hall–Kier alpha value is -1.87. The van der Waals surface area contributed by atoms with Crippen LogP contribution >= 0.6 is 0 Å². The van der Waals surface area contributed by atoms with Crippen molar-refractivity contribution in [2.75, 3.05) is 6.54 Å². The molecular weight excluding hydrogens is 270 g/mol. The summed E-state index contributed by atoms with van der Waals surface area (Å²) in [6.45, 7) is 2.29. The quantitative estimate of drug-likeness (QED) is 0.278. The zero-order valence-electron chi connectivity index (χ0n) is 11.1. The monoisotopic (exact) mass is 287 g/mol. The molecule has 4 unspecified atom stereocenters. The molecule has 1 rings (SSSR count). The third-order valence-corrected chi connectivity index (χ3v) is 2.82. The standard InChI is InChI=1S/C10H17N5O5/c1-4(16)13-7-6(3-12-15-11)20-10(19)8(9(7)18)14-5(2)17/h6-10,18-19H,3H2,1-2H3,(H,13,16)(H,14,17)/t6?,7-,8?,9?,10?/m1/s1. The van der Waals surface area contributed by atoms with Gasteiger partial charge in [0.1, 0.15) is 12.1 Å². The van der Waals surface area contributed by atoms with E-state index in [4.69, 9.17) is 10.3 Å². The second-order valence-corrected chi connectivity index (χ2v) is 4.42. The van der Waals surface area contributed by atoms with Gasteiger partial charge in [-0.2, -0.15) is 0 Å². The summed E-state index contributed by atoms with van der Waals surface area (Å²) in [6.07, 6.45) is -3.66. The first kappa shape index (κ1) is 16.2. The van der Waals surface area contributed by atoms with E-state index >= 15 is 0 Å². The highest BCUT2D eigenvalue weighted by atomic mass is 16.6. The van der Waals surface area contributed by atoms with Crippen molar-refractivity contribution >= 4 is 11.8 Å². The van der Waals surface area contributed by atoms with Crippen molar-refractivity contribution in [1.29, 1.82) is 0 Å². The molecule has 2 amide bonds. The van der Waals surface area contributed by atoms with E-state index in [1.807, 2.05) is 0 Å². The molecule has 10 heteroatoms. The van der Waals surface area contributed by atoms with Crippen molar-refractivity contribution in [1.82, 2.24) is 10.6 Å². The minimum atomic E-state index is -1.47. The van der Waals surface area contributed by atoms with Crippen LogP contribution in [0.2, 0.25) is 0 Å². The fourth-order valence-corrected chi connectivity index (χ4v) is 2.04. The van der Waals surface area contributed by atoms with Crippen LogP contribution in [0.15, 0.2) is 5.11 Å². The first-order chi connectivity index (χ1) is 9.36. The van der Waals surface area contributed by atoms with Crippen molar-refractivity contribution in [3.63, 3.8) is 0 Å². The molecule has 1 heterocycles. The first-order valence-corrected chi connectivity index (χ1v) is 5.93. The fraction of sp³-hybridized carbons (Fsp3) is 0.800. The molecule has 0 aromatic carbocycles. The lowest BCUT2D eigenvalue weighted by Gasteiger charge is -2.42. The van der Waals surface area contributed by atoms with Gasteiger partial charge in [-0.3, -0.25) is 9.59 Å². The molecule has 0 aromatic rings. The molecule has 0 aromatic heterocycles. The van der Waals surface area contributed by atoms with E-state index in [0.717, 1.165) is 0 Å². The van der Waals surface area contributed by atoms with E-state index in [1.165, 1.54) is 13.8 Å². The Morgan fingerprint density at radius 3 is 2.30 bits per heavy atom. The average molecular weight is 287 g/mol. The third kappa shape index (κ3) is 4.07. The fourth-order valence-electron chi connectivity index (χ4n) is 2.04. The van der Waals surface area contributed by atoms with E-state index in [1.54, 1.807) is 0 Å². The molecule has 10 nitrogen and oxygen atoms in total. The largest absolute Gasteiger partial charge is 0.389 e. The Labute approximate surface area is 114 Å². The van der Waals surface area contributed by atoms with Crippen LogP contribution in [-0.2, 0) is 14.3 Å². The molecule has 4 N–H and O–H groups in total. The summed E-state index contributed by atoms with van der Waals surface area (Å²) in [5, 5.41) is 28.0. The molecule has 112 valence electrons. The van der Waals surface area contributed by atoms with Crippen LogP contribution in [0.4, 0.5) is 0 Å². The highest BCUT2D eigenvalue weighted by Gasteiger charge is 2.45. The maximum Gasteiger partial charge on any atom is 0.217 e. The summed E-state index contributed by atoms with van der Waals surface area (Å²) in [7, 11) is 0. The van der Waals surface area contributed by atoms with Gasteiger partial charge < -0.3 is 25.6 Å². The predicted molar refractivity (Wildman–Crippen MR) is 66.1 cm³/mol. The summed E-state index contributed by atoms with van der Waals surface area (Å²) in [5.41, 5.74) is 8.30. The van der Waals surface area contributed by atoms with Crippen molar-refractivity contribution < 1.29 is 24.5 Å². The van der Waals surface area contributed by atoms with Gasteiger partial charge in [0.05, 0.1) is 18.7 Å². The SMILES string of the molecule is CC(=O)NC1C(O)OC(CN=[N+]=[N-])[C@@H](NC(C)=O)C1O. The third-order valence-electron chi connectivity index (χ3n) is 2.82. The van der Waals surface area contributed by atoms with Gasteiger partial charge in [0.25, 0.3) is 0 Å². The van der Waals surface area contributed by atoms with E-state index in [9.17, 15) is 19.8 Å². The van der Waals surface area contributed by atoms with Crippen molar-refractivity contribution in [2.45, 2.75) is 44.4 Å². The topological polar surface area (TPSA) is 157 Å². The molecule has 5 atom stereocenters. The van der Waals surface area contributed by atoms with Gasteiger partial charge in [-0.05, 0) is 5.53 Å². The van der Waals surface area contributed by atoms with Gasteiger partial charge in [0.15, 0.2) is 6.29 Å². The molecule has 0 bridgehead atoms. The number of nitrogens with zero attached hydrogens (tertiary/aromatic N) is 3. The lowest BCUT2D eigenvalue weighted by atomic mass is 9.94. The predicted octanol–water partition coefficient (Wildman–Crippen LogP) is -1.62. The van der Waals surface area contributed by atoms with Crippen molar-refractivity contribution in [2.24, 2.45) is 5.11 Å². The minimum Gasteiger partial charge on any atom is -0.389 e. The van der Waals surface area contributed by atoms with E-state index < -0.39 is 42.4 Å². The van der Waals surface area contributed by atoms with Gasteiger partial charge in [0.2, 0.25) is 11.8 Å². The minimum absolute atomic E-state index is 0.178. The number of carbonyl (C=O) groups is 2. The molecule has 1 aliphatic heterocycles. The number of hydrogen-bond donors (Lipinski definition) is 4. The zero-order valence-corrected chi connectivity index (χ0v) is 11.1. The number of carbonyl (C=O) groups excluding carboxylic acids is 2. The van der Waals surface area contributed by atoms with Crippen LogP contribution in [0.25, 0.3) is 10.4 Å². The van der Waals surface area contributed by atoms with Crippen LogP contribution < -0.4 is 10.6 Å². The second-order valence-electron chi connectivity index (χ2n) is 4.42. The molecule has 0 spiro atoms. The van der Waals surface area contributed by atoms with Gasteiger partial charge >= 0.3 is 0 Å². The summed E-state index contributed by atoms with van der Waals surface area (Å²) < 4.78 is 5.19. The number of amides is 2. The normalized spacial score (nSPS) is 32.9. The van der Waals surface area contributed by atoms with E-state index in [2.05, 4.69) is 20.7 Å². The molecular formula is C10H17N5O5. The average Bonchev–Trinajstić information content (AvgIpc) is 2.35. The molecule has 0 radical (unpaired) electrons. The maximum atomic E-state index is 11.2. The van der Waals surface area contributed by atoms with Crippen molar-refractivity contribution in [3.8, 4) is 0 Å². The number of rotatable bonds is 4. The van der Waals surface area contributed by atoms with Crippen LogP contribution in [0, 0.1) is 0 Å². The Balaban J connectivity index is 2.91. The first-order valence-electron chi connectivity index (χ1n) is 5.93. The van der Waals surface area contributed by atoms with Gasteiger partial charge in [-0.25, -0.2) is 0 Å². The summed E-state index contributed by atoms with van der Waals surface area (Å²) in [6, 6.07) is -2.01. The Morgan fingerprint density at radius 2 is 1.80 bits per heavy atom. The summed E-state index contributed by atoms with van der Waals surface area (Å²) in [5.74, 6) is -0.895. The maximum absolute atomic E-state index is 11.2. The molecule has 1 saturated heterocycles. The zero-order chi connectivity index (χ0) is 15.3. The molecule has 20 heavy (non-hydrogen) atoms. The Morgan fingerprint density at radius 1 is 1.25 bits per heavy atom. The van der Waals surface area contributed by atoms with E-state index in [-0.39, 0.29) is 6.54 Å². The lowest BCUT2D eigenvalue weighted by Crippen LogP contribution is -2.68. The smallest absolute Gasteiger partial charge is 0.217 e. The molecule has 1 aliphatic rings. The number of azide groups is 1. The Kier molecular flexibility index (Phi) is 5.71. The summed E-state index contributed by atoms with van der Waals surface area (Å²) in [4.78, 5) is 24.8. The van der Waals surface area contributed by atoms with Gasteiger partial charge in [0, 0.05) is 18.8 Å². The van der Waals surface area contributed by atoms with E-state index in [0.29, 0.717) is 0 Å². The van der Waals surface area contributed by atoms with Crippen LogP contribution in [-0.4, -0.2) is 59.2 Å². The number of aliphatic hydroxyl groups is 2. The van der Waals surface area contributed by atoms with Crippen LogP contribution in [0.5, 0.6) is 0 Å². The highest BCUT2D eigenvalue weighted by molar-refractivity contribution is 5.74. The van der Waals surface area contributed by atoms with Crippen LogP contribution in [0.1, 0.15) is 13.8 Å². The number of ether oxygens (including phenoxy) is 1. The molecule has 1 fully saturated rings. The number of aliphatic hydroxyl groups excluding tert-OH is 2. The lowest BCUT2D eigenvalue weighted by molar-refractivity contribution is -0.216.